The van der Waals surface area contributed by atoms with Crippen LogP contribution >= 0.6 is 0 Å². The summed E-state index contributed by atoms with van der Waals surface area (Å²) in [4.78, 5) is 6.47. The van der Waals surface area contributed by atoms with Crippen LogP contribution in [0, 0.1) is 6.92 Å². The van der Waals surface area contributed by atoms with E-state index in [-0.39, 0.29) is 0 Å². The van der Waals surface area contributed by atoms with Gasteiger partial charge in [-0.15, -0.1) is 0 Å². The van der Waals surface area contributed by atoms with Gasteiger partial charge in [0.1, 0.15) is 0 Å². The van der Waals surface area contributed by atoms with Crippen LogP contribution in [0.15, 0.2) is 29.3 Å². The number of rotatable bonds is 5. The van der Waals surface area contributed by atoms with E-state index in [1.54, 1.807) is 7.05 Å². The van der Waals surface area contributed by atoms with Crippen molar-refractivity contribution in [3.05, 3.63) is 35.4 Å². The number of likely N-dealkylation sites (N-methyl/N-ethyl adjacent to an activating group) is 1. The zero-order valence-electron chi connectivity index (χ0n) is 13.6. The van der Waals surface area contributed by atoms with Crippen LogP contribution in [0.25, 0.3) is 0 Å². The van der Waals surface area contributed by atoms with Gasteiger partial charge in [0.2, 0.25) is 0 Å². The van der Waals surface area contributed by atoms with Crippen LogP contribution in [0.5, 0.6) is 0 Å². The Morgan fingerprint density at radius 1 is 1.20 bits per heavy atom. The number of nitrogens with zero attached hydrogens (tertiary/aromatic N) is 2. The van der Waals surface area contributed by atoms with Crippen molar-refractivity contribution in [3.63, 3.8) is 0 Å². The van der Waals surface area contributed by atoms with Crippen molar-refractivity contribution in [2.45, 2.75) is 32.9 Å². The number of aryl methyl sites for hydroxylation is 1. The average Bonchev–Trinajstić information content (AvgIpc) is 2.38. The molecule has 4 heteroatoms. The third kappa shape index (κ3) is 5.21. The minimum Gasteiger partial charge on any atom is -0.354 e. The molecule has 1 aromatic carbocycles. The number of guanidine groups is 1. The van der Waals surface area contributed by atoms with Crippen LogP contribution in [-0.4, -0.2) is 44.6 Å². The molecule has 1 atom stereocenters. The molecule has 0 saturated heterocycles. The molecule has 0 heterocycles. The monoisotopic (exact) mass is 276 g/mol. The van der Waals surface area contributed by atoms with E-state index in [1.165, 1.54) is 11.1 Å². The number of aliphatic imine (C=N–C) groups is 1. The fourth-order valence-electron chi connectivity index (χ4n) is 2.05. The molecule has 20 heavy (non-hydrogen) atoms. The van der Waals surface area contributed by atoms with Gasteiger partial charge in [0.05, 0.1) is 6.04 Å². The molecule has 0 amide bonds. The minimum atomic E-state index is 0.321. The topological polar surface area (TPSA) is 39.7 Å². The molecule has 0 spiro atoms. The van der Waals surface area contributed by atoms with E-state index in [2.05, 4.69) is 79.7 Å². The molecular formula is C16H28N4. The Labute approximate surface area is 123 Å². The summed E-state index contributed by atoms with van der Waals surface area (Å²) < 4.78 is 0. The van der Waals surface area contributed by atoms with Crippen molar-refractivity contribution in [2.75, 3.05) is 27.7 Å². The smallest absolute Gasteiger partial charge is 0.191 e. The normalized spacial score (nSPS) is 13.7. The second-order valence-corrected chi connectivity index (χ2v) is 5.64. The van der Waals surface area contributed by atoms with E-state index >= 15 is 0 Å². The number of nitrogens with one attached hydrogen (secondary N) is 2. The summed E-state index contributed by atoms with van der Waals surface area (Å²) in [6.45, 7) is 7.15. The number of hydrogen-bond acceptors (Lipinski definition) is 2. The van der Waals surface area contributed by atoms with Crippen molar-refractivity contribution in [3.8, 4) is 0 Å². The minimum absolute atomic E-state index is 0.321. The number of benzene rings is 1. The fourth-order valence-corrected chi connectivity index (χ4v) is 2.05. The highest BCUT2D eigenvalue weighted by atomic mass is 15.2. The van der Waals surface area contributed by atoms with Gasteiger partial charge in [0.15, 0.2) is 5.96 Å². The molecule has 1 unspecified atom stereocenters. The Bertz CT molecular complexity index is 421. The molecule has 1 rings (SSSR count). The molecule has 0 aromatic heterocycles. The van der Waals surface area contributed by atoms with Crippen LogP contribution in [0.4, 0.5) is 0 Å². The molecule has 0 aliphatic rings. The van der Waals surface area contributed by atoms with Gasteiger partial charge < -0.3 is 15.5 Å². The maximum Gasteiger partial charge on any atom is 0.191 e. The summed E-state index contributed by atoms with van der Waals surface area (Å²) in [5, 5.41) is 6.70. The van der Waals surface area contributed by atoms with Gasteiger partial charge >= 0.3 is 0 Å². The van der Waals surface area contributed by atoms with E-state index in [0.717, 1.165) is 12.5 Å². The Morgan fingerprint density at radius 2 is 1.80 bits per heavy atom. The fraction of sp³-hybridized carbons (Fsp3) is 0.562. The Balaban J connectivity index is 2.71. The molecule has 0 aliphatic heterocycles. The Kier molecular flexibility index (Phi) is 6.52. The zero-order valence-corrected chi connectivity index (χ0v) is 13.6. The third-order valence-electron chi connectivity index (χ3n) is 3.20. The summed E-state index contributed by atoms with van der Waals surface area (Å²) in [6.07, 6.45) is 0. The van der Waals surface area contributed by atoms with Gasteiger partial charge in [-0.05, 0) is 40.4 Å². The molecule has 0 aliphatic carbocycles. The van der Waals surface area contributed by atoms with Crippen LogP contribution in [0.3, 0.4) is 0 Å². The molecule has 4 nitrogen and oxygen atoms in total. The quantitative estimate of drug-likeness (QED) is 0.639. The SMILES string of the molecule is CN=C(NCC(c1ccc(C)cc1)N(C)C)NC(C)C. The molecule has 0 saturated carbocycles. The van der Waals surface area contributed by atoms with Crippen LogP contribution < -0.4 is 10.6 Å². The maximum absolute atomic E-state index is 4.24. The lowest BCUT2D eigenvalue weighted by molar-refractivity contribution is 0.298. The Morgan fingerprint density at radius 3 is 2.25 bits per heavy atom. The molecule has 0 fully saturated rings. The van der Waals surface area contributed by atoms with Crippen LogP contribution in [0.2, 0.25) is 0 Å². The van der Waals surface area contributed by atoms with Crippen LogP contribution in [0.1, 0.15) is 31.0 Å². The zero-order chi connectivity index (χ0) is 15.1. The predicted octanol–water partition coefficient (Wildman–Crippen LogP) is 2.17. The number of hydrogen-bond donors (Lipinski definition) is 2. The van der Waals surface area contributed by atoms with E-state index in [4.69, 9.17) is 0 Å². The molecule has 112 valence electrons. The van der Waals surface area contributed by atoms with Gasteiger partial charge in [-0.2, -0.15) is 0 Å². The average molecular weight is 276 g/mol. The van der Waals surface area contributed by atoms with Crippen molar-refractivity contribution in [1.29, 1.82) is 0 Å². The standard InChI is InChI=1S/C16H28N4/c1-12(2)19-16(17-4)18-11-15(20(5)6)14-9-7-13(3)8-10-14/h7-10,12,15H,11H2,1-6H3,(H2,17,18,19). The molecule has 2 N–H and O–H groups in total. The molecular weight excluding hydrogens is 248 g/mol. The highest BCUT2D eigenvalue weighted by Crippen LogP contribution is 2.17. The van der Waals surface area contributed by atoms with E-state index in [0.29, 0.717) is 12.1 Å². The second-order valence-electron chi connectivity index (χ2n) is 5.64. The van der Waals surface area contributed by atoms with Crippen molar-refractivity contribution in [2.24, 2.45) is 4.99 Å². The summed E-state index contributed by atoms with van der Waals surface area (Å²) >= 11 is 0. The molecule has 0 radical (unpaired) electrons. The second kappa shape index (κ2) is 7.90. The van der Waals surface area contributed by atoms with Crippen LogP contribution in [-0.2, 0) is 0 Å². The van der Waals surface area contributed by atoms with Crippen molar-refractivity contribution in [1.82, 2.24) is 15.5 Å². The van der Waals surface area contributed by atoms with Gasteiger partial charge in [0, 0.05) is 19.6 Å². The van der Waals surface area contributed by atoms with E-state index in [9.17, 15) is 0 Å². The Hall–Kier alpha value is -1.55. The van der Waals surface area contributed by atoms with Gasteiger partial charge in [-0.1, -0.05) is 29.8 Å². The first kappa shape index (κ1) is 16.5. The van der Waals surface area contributed by atoms with Gasteiger partial charge in [-0.3, -0.25) is 4.99 Å². The first-order valence-electron chi connectivity index (χ1n) is 7.14. The van der Waals surface area contributed by atoms with Crippen molar-refractivity contribution >= 4 is 5.96 Å². The lowest BCUT2D eigenvalue weighted by atomic mass is 10.0. The largest absolute Gasteiger partial charge is 0.354 e. The van der Waals surface area contributed by atoms with E-state index < -0.39 is 0 Å². The molecule has 1 aromatic rings. The summed E-state index contributed by atoms with van der Waals surface area (Å²) in [7, 11) is 6.00. The summed E-state index contributed by atoms with van der Waals surface area (Å²) in [5.41, 5.74) is 2.60. The first-order chi connectivity index (χ1) is 9.43. The summed E-state index contributed by atoms with van der Waals surface area (Å²) in [5.74, 6) is 0.846. The van der Waals surface area contributed by atoms with E-state index in [1.807, 2.05) is 0 Å². The highest BCUT2D eigenvalue weighted by molar-refractivity contribution is 5.79. The maximum atomic E-state index is 4.24. The predicted molar refractivity (Wildman–Crippen MR) is 87.2 cm³/mol. The van der Waals surface area contributed by atoms with Crippen molar-refractivity contribution < 1.29 is 0 Å². The lowest BCUT2D eigenvalue weighted by Crippen LogP contribution is -2.44. The highest BCUT2D eigenvalue weighted by Gasteiger charge is 2.14. The van der Waals surface area contributed by atoms with Gasteiger partial charge in [0.25, 0.3) is 0 Å². The first-order valence-corrected chi connectivity index (χ1v) is 7.14. The van der Waals surface area contributed by atoms with Gasteiger partial charge in [-0.25, -0.2) is 0 Å². The lowest BCUT2D eigenvalue weighted by Gasteiger charge is -2.26. The molecule has 0 bridgehead atoms. The summed E-state index contributed by atoms with van der Waals surface area (Å²) in [6, 6.07) is 9.40. The third-order valence-corrected chi connectivity index (χ3v) is 3.20.